The van der Waals surface area contributed by atoms with Gasteiger partial charge in [0.15, 0.2) is 0 Å². The Labute approximate surface area is 84.0 Å². The minimum Gasteiger partial charge on any atom is -0.295 e. The van der Waals surface area contributed by atoms with Crippen LogP contribution in [0.15, 0.2) is 24.5 Å². The van der Waals surface area contributed by atoms with Crippen LogP contribution in [0.25, 0.3) is 0 Å². The first kappa shape index (κ1) is 10.5. The van der Waals surface area contributed by atoms with Crippen LogP contribution in [-0.4, -0.2) is 10.5 Å². The highest BCUT2D eigenvalue weighted by Crippen LogP contribution is 2.14. The summed E-state index contributed by atoms with van der Waals surface area (Å²) < 4.78 is 1.52. The molecule has 0 aromatic carbocycles. The number of aromatic nitrogens is 1. The first-order valence-electron chi connectivity index (χ1n) is 4.71. The van der Waals surface area contributed by atoms with Crippen molar-refractivity contribution in [1.29, 1.82) is 5.26 Å². The summed E-state index contributed by atoms with van der Waals surface area (Å²) in [6, 6.07) is 5.76. The minimum absolute atomic E-state index is 0.0183. The first-order valence-corrected chi connectivity index (χ1v) is 4.71. The van der Waals surface area contributed by atoms with E-state index in [1.54, 1.807) is 24.5 Å². The van der Waals surface area contributed by atoms with E-state index in [9.17, 15) is 4.79 Å². The zero-order chi connectivity index (χ0) is 10.6. The van der Waals surface area contributed by atoms with E-state index in [-0.39, 0.29) is 17.7 Å². The molecule has 1 rings (SSSR count). The SMILES string of the molecule is CC(C)[C@@H](C#N)CC(=O)n1cccc1. The maximum Gasteiger partial charge on any atom is 0.231 e. The molecule has 0 aliphatic rings. The molecule has 0 spiro atoms. The number of nitriles is 1. The highest BCUT2D eigenvalue weighted by molar-refractivity contribution is 5.79. The third-order valence-electron chi connectivity index (χ3n) is 2.26. The minimum atomic E-state index is -0.190. The summed E-state index contributed by atoms with van der Waals surface area (Å²) in [6.07, 6.45) is 3.71. The number of hydrogen-bond donors (Lipinski definition) is 0. The van der Waals surface area contributed by atoms with Crippen LogP contribution >= 0.6 is 0 Å². The molecule has 0 aliphatic heterocycles. The molecule has 0 unspecified atom stereocenters. The second kappa shape index (κ2) is 4.61. The standard InChI is InChI=1S/C11H14N2O/c1-9(2)10(8-12)7-11(14)13-5-3-4-6-13/h3-6,9-10H,7H2,1-2H3/t10-/m1/s1. The lowest BCUT2D eigenvalue weighted by molar-refractivity contribution is 0.0881. The Hall–Kier alpha value is -1.56. The Balaban J connectivity index is 2.61. The zero-order valence-corrected chi connectivity index (χ0v) is 8.47. The lowest BCUT2D eigenvalue weighted by Gasteiger charge is -2.11. The quantitative estimate of drug-likeness (QED) is 0.734. The Bertz CT molecular complexity index is 333. The van der Waals surface area contributed by atoms with Crippen LogP contribution in [-0.2, 0) is 0 Å². The Morgan fingerprint density at radius 1 is 1.43 bits per heavy atom. The van der Waals surface area contributed by atoms with E-state index >= 15 is 0 Å². The van der Waals surface area contributed by atoms with Gasteiger partial charge in [-0.1, -0.05) is 13.8 Å². The van der Waals surface area contributed by atoms with Crippen LogP contribution < -0.4 is 0 Å². The van der Waals surface area contributed by atoms with Gasteiger partial charge < -0.3 is 0 Å². The summed E-state index contributed by atoms with van der Waals surface area (Å²) in [6.45, 7) is 3.91. The summed E-state index contributed by atoms with van der Waals surface area (Å²) in [5.41, 5.74) is 0. The number of carbonyl (C=O) groups is 1. The topological polar surface area (TPSA) is 45.8 Å². The average Bonchev–Trinajstić information content (AvgIpc) is 2.65. The van der Waals surface area contributed by atoms with Crippen molar-refractivity contribution in [3.05, 3.63) is 24.5 Å². The molecule has 1 aromatic rings. The van der Waals surface area contributed by atoms with E-state index in [1.165, 1.54) is 4.57 Å². The maximum atomic E-state index is 11.6. The fourth-order valence-electron chi connectivity index (χ4n) is 1.22. The summed E-state index contributed by atoms with van der Waals surface area (Å²) in [5, 5.41) is 8.83. The van der Waals surface area contributed by atoms with E-state index in [4.69, 9.17) is 5.26 Å². The summed E-state index contributed by atoms with van der Waals surface area (Å²) >= 11 is 0. The van der Waals surface area contributed by atoms with Gasteiger partial charge in [-0.05, 0) is 18.1 Å². The molecule has 3 heteroatoms. The molecule has 0 bridgehead atoms. The van der Waals surface area contributed by atoms with Crippen molar-refractivity contribution in [2.75, 3.05) is 0 Å². The molecule has 0 fully saturated rings. The van der Waals surface area contributed by atoms with Crippen molar-refractivity contribution in [2.45, 2.75) is 20.3 Å². The van der Waals surface area contributed by atoms with Crippen molar-refractivity contribution in [3.8, 4) is 6.07 Å². The molecule has 0 aliphatic carbocycles. The normalized spacial score (nSPS) is 12.4. The number of nitrogens with zero attached hydrogens (tertiary/aromatic N) is 2. The second-order valence-corrected chi connectivity index (χ2v) is 3.67. The van der Waals surface area contributed by atoms with Crippen LogP contribution in [0, 0.1) is 23.2 Å². The van der Waals surface area contributed by atoms with Crippen molar-refractivity contribution in [1.82, 2.24) is 4.57 Å². The fourth-order valence-corrected chi connectivity index (χ4v) is 1.22. The van der Waals surface area contributed by atoms with Gasteiger partial charge in [0.1, 0.15) is 0 Å². The van der Waals surface area contributed by atoms with Gasteiger partial charge in [0.05, 0.1) is 12.0 Å². The number of hydrogen-bond acceptors (Lipinski definition) is 2. The van der Waals surface area contributed by atoms with E-state index < -0.39 is 0 Å². The molecule has 74 valence electrons. The molecule has 1 atom stereocenters. The van der Waals surface area contributed by atoms with Gasteiger partial charge in [-0.2, -0.15) is 5.26 Å². The maximum absolute atomic E-state index is 11.6. The fraction of sp³-hybridized carbons (Fsp3) is 0.455. The van der Waals surface area contributed by atoms with Crippen LogP contribution in [0.1, 0.15) is 25.1 Å². The Kier molecular flexibility index (Phi) is 3.47. The highest BCUT2D eigenvalue weighted by atomic mass is 16.1. The van der Waals surface area contributed by atoms with E-state index in [0.29, 0.717) is 6.42 Å². The predicted octanol–water partition coefficient (Wildman–Crippen LogP) is 2.31. The van der Waals surface area contributed by atoms with Crippen molar-refractivity contribution in [2.24, 2.45) is 11.8 Å². The lowest BCUT2D eigenvalue weighted by Crippen LogP contribution is -2.16. The van der Waals surface area contributed by atoms with Gasteiger partial charge in [0.2, 0.25) is 5.91 Å². The molecule has 0 saturated heterocycles. The Morgan fingerprint density at radius 2 is 2.00 bits per heavy atom. The smallest absolute Gasteiger partial charge is 0.231 e. The van der Waals surface area contributed by atoms with Gasteiger partial charge >= 0.3 is 0 Å². The molecule has 0 saturated carbocycles. The monoisotopic (exact) mass is 190 g/mol. The number of carbonyl (C=O) groups excluding carboxylic acids is 1. The third kappa shape index (κ3) is 2.46. The van der Waals surface area contributed by atoms with Crippen molar-refractivity contribution in [3.63, 3.8) is 0 Å². The molecular weight excluding hydrogens is 176 g/mol. The summed E-state index contributed by atoms with van der Waals surface area (Å²) in [4.78, 5) is 11.6. The van der Waals surface area contributed by atoms with Crippen LogP contribution in [0.5, 0.6) is 0 Å². The molecule has 0 N–H and O–H groups in total. The van der Waals surface area contributed by atoms with Crippen LogP contribution in [0.3, 0.4) is 0 Å². The van der Waals surface area contributed by atoms with Crippen LogP contribution in [0.4, 0.5) is 0 Å². The van der Waals surface area contributed by atoms with E-state index in [2.05, 4.69) is 6.07 Å². The van der Waals surface area contributed by atoms with Crippen molar-refractivity contribution >= 4 is 5.91 Å². The molecule has 1 aromatic heterocycles. The largest absolute Gasteiger partial charge is 0.295 e. The first-order chi connectivity index (χ1) is 6.65. The van der Waals surface area contributed by atoms with Gasteiger partial charge in [-0.3, -0.25) is 9.36 Å². The molecule has 0 radical (unpaired) electrons. The van der Waals surface area contributed by atoms with Gasteiger partial charge in [-0.15, -0.1) is 0 Å². The highest BCUT2D eigenvalue weighted by Gasteiger charge is 2.17. The molecule has 3 nitrogen and oxygen atoms in total. The van der Waals surface area contributed by atoms with E-state index in [1.807, 2.05) is 13.8 Å². The van der Waals surface area contributed by atoms with Gasteiger partial charge in [0, 0.05) is 18.8 Å². The number of rotatable bonds is 3. The third-order valence-corrected chi connectivity index (χ3v) is 2.26. The lowest BCUT2D eigenvalue weighted by atomic mass is 9.94. The zero-order valence-electron chi connectivity index (χ0n) is 8.47. The second-order valence-electron chi connectivity index (χ2n) is 3.67. The molecule has 0 amide bonds. The van der Waals surface area contributed by atoms with Gasteiger partial charge in [0.25, 0.3) is 0 Å². The average molecular weight is 190 g/mol. The molecule has 1 heterocycles. The Morgan fingerprint density at radius 3 is 2.43 bits per heavy atom. The van der Waals surface area contributed by atoms with Crippen LogP contribution in [0.2, 0.25) is 0 Å². The van der Waals surface area contributed by atoms with E-state index in [0.717, 1.165) is 0 Å². The van der Waals surface area contributed by atoms with Gasteiger partial charge in [-0.25, -0.2) is 0 Å². The summed E-state index contributed by atoms with van der Waals surface area (Å²) in [7, 11) is 0. The molecule has 14 heavy (non-hydrogen) atoms. The van der Waals surface area contributed by atoms with Crippen molar-refractivity contribution < 1.29 is 4.79 Å². The summed E-state index contributed by atoms with van der Waals surface area (Å²) in [5.74, 6) is 0.0136. The predicted molar refractivity (Wildman–Crippen MR) is 53.6 cm³/mol. The molecular formula is C11H14N2O.